The normalized spacial score (nSPS) is 10.4. The first-order valence-corrected chi connectivity index (χ1v) is 6.60. The Morgan fingerprint density at radius 3 is 2.00 bits per heavy atom. The lowest BCUT2D eigenvalue weighted by Gasteiger charge is -2.07. The van der Waals surface area contributed by atoms with E-state index >= 15 is 0 Å². The summed E-state index contributed by atoms with van der Waals surface area (Å²) in [6.07, 6.45) is 1.63. The Bertz CT molecular complexity index is 718. The number of rotatable bonds is 2. The van der Waals surface area contributed by atoms with E-state index in [-0.39, 0.29) is 0 Å². The summed E-state index contributed by atoms with van der Waals surface area (Å²) in [7, 11) is 0. The highest BCUT2D eigenvalue weighted by molar-refractivity contribution is 5.64. The third kappa shape index (κ3) is 2.41. The zero-order valence-corrected chi connectivity index (χ0v) is 11.3. The van der Waals surface area contributed by atoms with E-state index in [1.54, 1.807) is 6.20 Å². The predicted octanol–water partition coefficient (Wildman–Crippen LogP) is 3.96. The number of pyridine rings is 1. The van der Waals surface area contributed by atoms with Crippen molar-refractivity contribution in [2.75, 3.05) is 0 Å². The molecular weight excluding hydrogens is 246 g/mol. The van der Waals surface area contributed by atoms with E-state index in [9.17, 15) is 5.21 Å². The van der Waals surface area contributed by atoms with Crippen molar-refractivity contribution in [1.29, 1.82) is 0 Å². The van der Waals surface area contributed by atoms with E-state index in [0.29, 0.717) is 5.69 Å². The average Bonchev–Trinajstić information content (AvgIpc) is 2.49. The van der Waals surface area contributed by atoms with Crippen LogP contribution in [0.25, 0.3) is 22.4 Å². The molecule has 0 aliphatic heterocycles. The highest BCUT2D eigenvalue weighted by Gasteiger charge is 2.10. The molecule has 0 spiro atoms. The number of aromatic nitrogens is 1. The first-order valence-electron chi connectivity index (χ1n) is 6.60. The van der Waals surface area contributed by atoms with Crippen LogP contribution in [-0.2, 0) is 0 Å². The second-order valence-electron chi connectivity index (χ2n) is 4.86. The number of hydrogen-bond acceptors (Lipinski definition) is 1. The molecular formula is C18H15NO. The third-order valence-electron chi connectivity index (χ3n) is 3.37. The summed E-state index contributed by atoms with van der Waals surface area (Å²) in [6, 6.07) is 21.7. The van der Waals surface area contributed by atoms with Crippen molar-refractivity contribution in [3.63, 3.8) is 0 Å². The van der Waals surface area contributed by atoms with Crippen molar-refractivity contribution >= 4 is 0 Å². The fraction of sp³-hybridized carbons (Fsp3) is 0.0556. The van der Waals surface area contributed by atoms with Crippen molar-refractivity contribution in [2.45, 2.75) is 6.92 Å². The molecule has 98 valence electrons. The fourth-order valence-corrected chi connectivity index (χ4v) is 2.23. The largest absolute Gasteiger partial charge is 0.618 e. The van der Waals surface area contributed by atoms with Crippen LogP contribution in [0.4, 0.5) is 0 Å². The Hall–Kier alpha value is -2.61. The summed E-state index contributed by atoms with van der Waals surface area (Å²) < 4.78 is 0.938. The van der Waals surface area contributed by atoms with Gasteiger partial charge in [-0.2, -0.15) is 4.73 Å². The lowest BCUT2D eigenvalue weighted by Crippen LogP contribution is -2.28. The number of hydrogen-bond donors (Lipinski definition) is 0. The summed E-state index contributed by atoms with van der Waals surface area (Å²) in [5.74, 6) is 0. The van der Waals surface area contributed by atoms with Crippen LogP contribution >= 0.6 is 0 Å². The second kappa shape index (κ2) is 5.17. The van der Waals surface area contributed by atoms with Crippen molar-refractivity contribution < 1.29 is 4.73 Å². The van der Waals surface area contributed by atoms with Crippen molar-refractivity contribution in [3.8, 4) is 22.4 Å². The number of nitrogens with zero attached hydrogens (tertiary/aromatic N) is 1. The molecule has 1 aromatic heterocycles. The van der Waals surface area contributed by atoms with E-state index in [0.717, 1.165) is 21.4 Å². The van der Waals surface area contributed by atoms with Crippen LogP contribution in [0, 0.1) is 12.1 Å². The molecule has 0 saturated heterocycles. The molecule has 0 aliphatic rings. The van der Waals surface area contributed by atoms with Crippen molar-refractivity contribution in [3.05, 3.63) is 83.7 Å². The van der Waals surface area contributed by atoms with Gasteiger partial charge in [0.25, 0.3) is 0 Å². The minimum Gasteiger partial charge on any atom is -0.618 e. The van der Waals surface area contributed by atoms with Gasteiger partial charge in [-0.1, -0.05) is 48.0 Å². The molecule has 0 unspecified atom stereocenters. The molecule has 0 amide bonds. The van der Waals surface area contributed by atoms with E-state index < -0.39 is 0 Å². The van der Waals surface area contributed by atoms with Gasteiger partial charge in [0.2, 0.25) is 5.69 Å². The molecule has 0 fully saturated rings. The SMILES string of the molecule is Cc1ccc(-c2ccc(-c3ccccc3)c[n+]2[O-])cc1. The minimum atomic E-state index is 0.671. The van der Waals surface area contributed by atoms with Crippen LogP contribution in [-0.4, -0.2) is 0 Å². The second-order valence-corrected chi connectivity index (χ2v) is 4.86. The minimum absolute atomic E-state index is 0.671. The van der Waals surface area contributed by atoms with Crippen molar-refractivity contribution in [1.82, 2.24) is 0 Å². The first kappa shape index (κ1) is 12.4. The summed E-state index contributed by atoms with van der Waals surface area (Å²) in [5.41, 5.74) is 4.77. The molecule has 3 aromatic rings. The van der Waals surface area contributed by atoms with E-state index in [4.69, 9.17) is 0 Å². The van der Waals surface area contributed by atoms with Crippen LogP contribution in [0.2, 0.25) is 0 Å². The van der Waals surface area contributed by atoms with Gasteiger partial charge >= 0.3 is 0 Å². The van der Waals surface area contributed by atoms with Gasteiger partial charge in [0.15, 0.2) is 6.20 Å². The van der Waals surface area contributed by atoms with Crippen LogP contribution in [0.1, 0.15) is 5.56 Å². The van der Waals surface area contributed by atoms with Crippen LogP contribution in [0.3, 0.4) is 0 Å². The van der Waals surface area contributed by atoms with Gasteiger partial charge in [-0.25, -0.2) is 0 Å². The molecule has 0 N–H and O–H groups in total. The van der Waals surface area contributed by atoms with Crippen LogP contribution < -0.4 is 4.73 Å². The van der Waals surface area contributed by atoms with Gasteiger partial charge in [0, 0.05) is 17.2 Å². The Balaban J connectivity index is 2.02. The molecule has 0 aliphatic carbocycles. The Morgan fingerprint density at radius 2 is 1.35 bits per heavy atom. The molecule has 0 saturated carbocycles. The smallest absolute Gasteiger partial charge is 0.223 e. The van der Waals surface area contributed by atoms with Gasteiger partial charge in [0.1, 0.15) is 0 Å². The monoisotopic (exact) mass is 261 g/mol. The zero-order valence-electron chi connectivity index (χ0n) is 11.3. The molecule has 0 atom stereocenters. The summed E-state index contributed by atoms with van der Waals surface area (Å²) in [5, 5.41) is 12.2. The maximum atomic E-state index is 12.2. The number of benzene rings is 2. The third-order valence-corrected chi connectivity index (χ3v) is 3.37. The van der Waals surface area contributed by atoms with Gasteiger partial charge in [-0.15, -0.1) is 0 Å². The Morgan fingerprint density at radius 1 is 0.700 bits per heavy atom. The topological polar surface area (TPSA) is 26.9 Å². The molecule has 1 heterocycles. The quantitative estimate of drug-likeness (QED) is 0.506. The average molecular weight is 261 g/mol. The van der Waals surface area contributed by atoms with Gasteiger partial charge in [-0.05, 0) is 30.7 Å². The zero-order chi connectivity index (χ0) is 13.9. The van der Waals surface area contributed by atoms with E-state index in [2.05, 4.69) is 0 Å². The molecule has 2 nitrogen and oxygen atoms in total. The highest BCUT2D eigenvalue weighted by atomic mass is 16.5. The summed E-state index contributed by atoms with van der Waals surface area (Å²) in [4.78, 5) is 0. The van der Waals surface area contributed by atoms with Crippen LogP contribution in [0.5, 0.6) is 0 Å². The van der Waals surface area contributed by atoms with Crippen LogP contribution in [0.15, 0.2) is 72.9 Å². The first-order chi connectivity index (χ1) is 9.74. The lowest BCUT2D eigenvalue weighted by molar-refractivity contribution is -0.593. The fourth-order valence-electron chi connectivity index (χ4n) is 2.23. The van der Waals surface area contributed by atoms with Gasteiger partial charge in [-0.3, -0.25) is 0 Å². The van der Waals surface area contributed by atoms with Gasteiger partial charge < -0.3 is 5.21 Å². The molecule has 2 heteroatoms. The maximum Gasteiger partial charge on any atom is 0.223 e. The molecule has 2 aromatic carbocycles. The van der Waals surface area contributed by atoms with Crippen molar-refractivity contribution in [2.24, 2.45) is 0 Å². The molecule has 0 radical (unpaired) electrons. The molecule has 0 bridgehead atoms. The highest BCUT2D eigenvalue weighted by Crippen LogP contribution is 2.21. The maximum absolute atomic E-state index is 12.2. The standard InChI is InChI=1S/C18H15NO/c1-14-7-9-16(10-8-14)18-12-11-17(13-19(18)20)15-5-3-2-4-6-15/h2-13H,1H3. The predicted molar refractivity (Wildman–Crippen MR) is 81.0 cm³/mol. The lowest BCUT2D eigenvalue weighted by atomic mass is 10.1. The molecule has 3 rings (SSSR count). The number of aryl methyl sites for hydroxylation is 1. The Labute approximate surface area is 118 Å². The summed E-state index contributed by atoms with van der Waals surface area (Å²) >= 11 is 0. The van der Waals surface area contributed by atoms with E-state index in [1.165, 1.54) is 5.56 Å². The van der Waals surface area contributed by atoms with E-state index in [1.807, 2.05) is 73.7 Å². The Kier molecular flexibility index (Phi) is 3.21. The molecule has 20 heavy (non-hydrogen) atoms. The van der Waals surface area contributed by atoms with Gasteiger partial charge in [0.05, 0.1) is 0 Å². The summed E-state index contributed by atoms with van der Waals surface area (Å²) in [6.45, 7) is 2.04.